The fourth-order valence-electron chi connectivity index (χ4n) is 2.07. The third-order valence-electron chi connectivity index (χ3n) is 3.78. The van der Waals surface area contributed by atoms with E-state index in [1.807, 2.05) is 31.2 Å². The van der Waals surface area contributed by atoms with Crippen molar-refractivity contribution in [3.63, 3.8) is 0 Å². The van der Waals surface area contributed by atoms with Gasteiger partial charge in [0, 0.05) is 11.9 Å². The fourth-order valence-corrected chi connectivity index (χ4v) is 2.07. The standard InChI is InChI=1S/C18H22F3N3O/c1-5-12(4)25-16-15(18(19,20)21)10-22-17(24-16)23-14-8-6-13(7-9-14)11(2)3/h6-12H,5H2,1-4H3,(H,22,23,24). The van der Waals surface area contributed by atoms with Crippen LogP contribution in [0.2, 0.25) is 0 Å². The van der Waals surface area contributed by atoms with Crippen molar-refractivity contribution in [2.75, 3.05) is 5.32 Å². The smallest absolute Gasteiger partial charge is 0.423 e. The highest BCUT2D eigenvalue weighted by Crippen LogP contribution is 2.35. The normalized spacial score (nSPS) is 13.0. The van der Waals surface area contributed by atoms with Gasteiger partial charge in [0.25, 0.3) is 0 Å². The highest BCUT2D eigenvalue weighted by atomic mass is 19.4. The van der Waals surface area contributed by atoms with E-state index in [0.717, 1.165) is 6.20 Å². The Morgan fingerprint density at radius 3 is 2.28 bits per heavy atom. The first-order valence-corrected chi connectivity index (χ1v) is 8.18. The number of aromatic nitrogens is 2. The number of hydrogen-bond acceptors (Lipinski definition) is 4. The van der Waals surface area contributed by atoms with Crippen molar-refractivity contribution in [1.82, 2.24) is 9.97 Å². The average molecular weight is 353 g/mol. The van der Waals surface area contributed by atoms with Gasteiger partial charge in [-0.15, -0.1) is 0 Å². The summed E-state index contributed by atoms with van der Waals surface area (Å²) in [5, 5.41) is 2.91. The number of anilines is 2. The zero-order valence-corrected chi connectivity index (χ0v) is 14.7. The van der Waals surface area contributed by atoms with Gasteiger partial charge >= 0.3 is 6.18 Å². The van der Waals surface area contributed by atoms with Crippen molar-refractivity contribution in [1.29, 1.82) is 0 Å². The van der Waals surface area contributed by atoms with Crippen molar-refractivity contribution < 1.29 is 17.9 Å². The van der Waals surface area contributed by atoms with E-state index in [0.29, 0.717) is 18.0 Å². The summed E-state index contributed by atoms with van der Waals surface area (Å²) in [6.07, 6.45) is -3.63. The molecule has 0 saturated heterocycles. The fraction of sp³-hybridized carbons (Fsp3) is 0.444. The first-order valence-electron chi connectivity index (χ1n) is 8.18. The molecule has 1 heterocycles. The third kappa shape index (κ3) is 5.08. The molecule has 136 valence electrons. The van der Waals surface area contributed by atoms with Crippen LogP contribution in [0.15, 0.2) is 30.5 Å². The molecular weight excluding hydrogens is 331 g/mol. The van der Waals surface area contributed by atoms with E-state index in [2.05, 4.69) is 29.1 Å². The Morgan fingerprint density at radius 1 is 1.12 bits per heavy atom. The van der Waals surface area contributed by atoms with Crippen LogP contribution in [0.4, 0.5) is 24.8 Å². The van der Waals surface area contributed by atoms with Gasteiger partial charge in [0.2, 0.25) is 11.8 Å². The summed E-state index contributed by atoms with van der Waals surface area (Å²) in [4.78, 5) is 7.68. The maximum absolute atomic E-state index is 13.1. The van der Waals surface area contributed by atoms with E-state index >= 15 is 0 Å². The van der Waals surface area contributed by atoms with Crippen molar-refractivity contribution in [2.24, 2.45) is 0 Å². The van der Waals surface area contributed by atoms with Gasteiger partial charge in [-0.3, -0.25) is 0 Å². The van der Waals surface area contributed by atoms with Gasteiger partial charge in [0.1, 0.15) is 5.56 Å². The molecule has 1 unspecified atom stereocenters. The predicted octanol–water partition coefficient (Wildman–Crippen LogP) is 5.54. The largest absolute Gasteiger partial charge is 0.474 e. The van der Waals surface area contributed by atoms with Crippen LogP contribution >= 0.6 is 0 Å². The summed E-state index contributed by atoms with van der Waals surface area (Å²) >= 11 is 0. The van der Waals surface area contributed by atoms with E-state index in [-0.39, 0.29) is 12.1 Å². The molecule has 0 fully saturated rings. The molecule has 2 rings (SSSR count). The molecule has 0 saturated carbocycles. The van der Waals surface area contributed by atoms with Crippen molar-refractivity contribution in [3.8, 4) is 5.88 Å². The molecule has 1 aromatic carbocycles. The number of rotatable bonds is 6. The molecule has 2 aromatic rings. The van der Waals surface area contributed by atoms with Crippen LogP contribution in [0, 0.1) is 0 Å². The first kappa shape index (κ1) is 19.0. The van der Waals surface area contributed by atoms with Crippen molar-refractivity contribution in [2.45, 2.75) is 52.3 Å². The van der Waals surface area contributed by atoms with Crippen LogP contribution < -0.4 is 10.1 Å². The Labute approximate surface area is 145 Å². The molecule has 1 atom stereocenters. The van der Waals surface area contributed by atoms with E-state index in [1.165, 1.54) is 5.56 Å². The minimum atomic E-state index is -4.57. The molecule has 0 aliphatic carbocycles. The van der Waals surface area contributed by atoms with Gasteiger partial charge < -0.3 is 10.1 Å². The number of halogens is 3. The van der Waals surface area contributed by atoms with Gasteiger partial charge in [-0.25, -0.2) is 4.98 Å². The lowest BCUT2D eigenvalue weighted by molar-refractivity contribution is -0.139. The second-order valence-electron chi connectivity index (χ2n) is 6.15. The molecule has 25 heavy (non-hydrogen) atoms. The maximum atomic E-state index is 13.1. The van der Waals surface area contributed by atoms with Crippen molar-refractivity contribution in [3.05, 3.63) is 41.6 Å². The monoisotopic (exact) mass is 353 g/mol. The van der Waals surface area contributed by atoms with Crippen LogP contribution in [0.3, 0.4) is 0 Å². The third-order valence-corrected chi connectivity index (χ3v) is 3.78. The van der Waals surface area contributed by atoms with Gasteiger partial charge in [-0.2, -0.15) is 18.2 Å². The predicted molar refractivity (Wildman–Crippen MR) is 91.2 cm³/mol. The SMILES string of the molecule is CCC(C)Oc1nc(Nc2ccc(C(C)C)cc2)ncc1C(F)(F)F. The number of hydrogen-bond donors (Lipinski definition) is 1. The Bertz CT molecular complexity index is 700. The van der Waals surface area contributed by atoms with Gasteiger partial charge in [-0.05, 0) is 37.0 Å². The molecule has 4 nitrogen and oxygen atoms in total. The highest BCUT2D eigenvalue weighted by Gasteiger charge is 2.36. The number of nitrogens with zero attached hydrogens (tertiary/aromatic N) is 2. The van der Waals surface area contributed by atoms with Crippen molar-refractivity contribution >= 4 is 11.6 Å². The van der Waals surface area contributed by atoms with Gasteiger partial charge in [0.05, 0.1) is 6.10 Å². The van der Waals surface area contributed by atoms with Crippen LogP contribution in [-0.4, -0.2) is 16.1 Å². The maximum Gasteiger partial charge on any atom is 0.423 e. The quantitative estimate of drug-likeness (QED) is 0.741. The van der Waals surface area contributed by atoms with Crippen LogP contribution in [0.5, 0.6) is 5.88 Å². The molecule has 0 amide bonds. The molecule has 0 spiro atoms. The Kier molecular flexibility index (Phi) is 5.87. The molecule has 0 aliphatic rings. The summed E-state index contributed by atoms with van der Waals surface area (Å²) in [5.41, 5.74) is 0.881. The van der Waals surface area contributed by atoms with E-state index in [4.69, 9.17) is 4.74 Å². The Balaban J connectivity index is 2.27. The molecule has 0 radical (unpaired) electrons. The van der Waals surface area contributed by atoms with Gasteiger partial charge in [-0.1, -0.05) is 32.9 Å². The Hall–Kier alpha value is -2.31. The molecule has 0 aliphatic heterocycles. The lowest BCUT2D eigenvalue weighted by atomic mass is 10.0. The summed E-state index contributed by atoms with van der Waals surface area (Å²) in [5.74, 6) is -0.00588. The summed E-state index contributed by atoms with van der Waals surface area (Å²) in [6, 6.07) is 7.58. The van der Waals surface area contributed by atoms with E-state index in [1.54, 1.807) is 6.92 Å². The summed E-state index contributed by atoms with van der Waals surface area (Å²) in [6.45, 7) is 7.69. The van der Waals surface area contributed by atoms with Crippen LogP contribution in [-0.2, 0) is 6.18 Å². The second kappa shape index (κ2) is 7.72. The van der Waals surface area contributed by atoms with E-state index < -0.39 is 17.6 Å². The minimum Gasteiger partial charge on any atom is -0.474 e. The number of ether oxygens (including phenoxy) is 1. The average Bonchev–Trinajstić information content (AvgIpc) is 2.54. The van der Waals surface area contributed by atoms with Crippen LogP contribution in [0.25, 0.3) is 0 Å². The number of nitrogens with one attached hydrogen (secondary N) is 1. The lowest BCUT2D eigenvalue weighted by Crippen LogP contribution is -2.17. The van der Waals surface area contributed by atoms with E-state index in [9.17, 15) is 13.2 Å². The summed E-state index contributed by atoms with van der Waals surface area (Å²) < 4.78 is 44.6. The topological polar surface area (TPSA) is 47.0 Å². The number of benzene rings is 1. The highest BCUT2D eigenvalue weighted by molar-refractivity contribution is 5.54. The zero-order valence-electron chi connectivity index (χ0n) is 14.7. The second-order valence-corrected chi connectivity index (χ2v) is 6.15. The van der Waals surface area contributed by atoms with Gasteiger partial charge in [0.15, 0.2) is 0 Å². The minimum absolute atomic E-state index is 0.0589. The molecule has 1 aromatic heterocycles. The molecule has 1 N–H and O–H groups in total. The lowest BCUT2D eigenvalue weighted by Gasteiger charge is -2.17. The summed E-state index contributed by atoms with van der Waals surface area (Å²) in [7, 11) is 0. The first-order chi connectivity index (χ1) is 11.7. The molecule has 0 bridgehead atoms. The number of alkyl halides is 3. The molecular formula is C18H22F3N3O. The molecule has 7 heteroatoms. The zero-order chi connectivity index (χ0) is 18.6. The Morgan fingerprint density at radius 2 is 1.76 bits per heavy atom. The van der Waals surface area contributed by atoms with Crippen LogP contribution in [0.1, 0.15) is 51.2 Å².